The lowest BCUT2D eigenvalue weighted by Gasteiger charge is -2.43. The van der Waals surface area contributed by atoms with Crippen molar-refractivity contribution < 1.29 is 14.3 Å². The number of methoxy groups -OCH3 is 1. The zero-order valence-corrected chi connectivity index (χ0v) is 12.6. The lowest BCUT2D eigenvalue weighted by Crippen LogP contribution is -2.36. The third kappa shape index (κ3) is 2.11. The van der Waals surface area contributed by atoms with Gasteiger partial charge in [-0.25, -0.2) is 4.79 Å². The molecule has 0 amide bonds. The van der Waals surface area contributed by atoms with E-state index in [1.165, 1.54) is 23.8 Å². The van der Waals surface area contributed by atoms with E-state index in [-0.39, 0.29) is 17.2 Å². The van der Waals surface area contributed by atoms with E-state index in [1.807, 2.05) is 18.2 Å². The van der Waals surface area contributed by atoms with Crippen LogP contribution in [0.5, 0.6) is 0 Å². The molecule has 1 unspecified atom stereocenters. The molecular formula is C18H20O3. The van der Waals surface area contributed by atoms with E-state index in [0.717, 1.165) is 25.7 Å². The normalized spacial score (nSPS) is 23.9. The van der Waals surface area contributed by atoms with Crippen LogP contribution < -0.4 is 0 Å². The van der Waals surface area contributed by atoms with Gasteiger partial charge in [0.15, 0.2) is 5.78 Å². The van der Waals surface area contributed by atoms with Gasteiger partial charge in [0.25, 0.3) is 0 Å². The summed E-state index contributed by atoms with van der Waals surface area (Å²) in [6, 6.07) is 5.88. The van der Waals surface area contributed by atoms with E-state index in [9.17, 15) is 9.59 Å². The number of rotatable bonds is 2. The van der Waals surface area contributed by atoms with Gasteiger partial charge in [0.05, 0.1) is 12.7 Å². The SMILES string of the molecule is CCC12CCC(=O)C=C1CCc1cc(C(=O)OC)ccc12. The average Bonchev–Trinajstić information content (AvgIpc) is 2.53. The number of carbonyl (C=O) groups is 2. The number of hydrogen-bond acceptors (Lipinski definition) is 3. The third-order valence-corrected chi connectivity index (χ3v) is 5.06. The first-order valence-corrected chi connectivity index (χ1v) is 7.56. The second-order valence-corrected chi connectivity index (χ2v) is 5.94. The summed E-state index contributed by atoms with van der Waals surface area (Å²) < 4.78 is 4.80. The molecule has 2 aliphatic rings. The minimum atomic E-state index is -0.288. The molecule has 0 bridgehead atoms. The summed E-state index contributed by atoms with van der Waals surface area (Å²) >= 11 is 0. The zero-order valence-electron chi connectivity index (χ0n) is 12.6. The molecule has 1 atom stereocenters. The van der Waals surface area contributed by atoms with E-state index in [0.29, 0.717) is 12.0 Å². The molecule has 3 rings (SSSR count). The second-order valence-electron chi connectivity index (χ2n) is 5.94. The van der Waals surface area contributed by atoms with Crippen molar-refractivity contribution in [1.82, 2.24) is 0 Å². The van der Waals surface area contributed by atoms with Gasteiger partial charge in [-0.05, 0) is 55.0 Å². The van der Waals surface area contributed by atoms with Crippen LogP contribution in [0.2, 0.25) is 0 Å². The van der Waals surface area contributed by atoms with Crippen molar-refractivity contribution in [2.24, 2.45) is 0 Å². The molecule has 3 heteroatoms. The van der Waals surface area contributed by atoms with Crippen molar-refractivity contribution in [3.8, 4) is 0 Å². The minimum absolute atomic E-state index is 0.00383. The molecule has 0 radical (unpaired) electrons. The minimum Gasteiger partial charge on any atom is -0.465 e. The fraction of sp³-hybridized carbons (Fsp3) is 0.444. The van der Waals surface area contributed by atoms with Crippen LogP contribution in [0.15, 0.2) is 29.8 Å². The van der Waals surface area contributed by atoms with E-state index < -0.39 is 0 Å². The van der Waals surface area contributed by atoms with Crippen molar-refractivity contribution in [1.29, 1.82) is 0 Å². The zero-order chi connectivity index (χ0) is 15.0. The summed E-state index contributed by atoms with van der Waals surface area (Å²) in [5, 5.41) is 0. The smallest absolute Gasteiger partial charge is 0.337 e. The predicted molar refractivity (Wildman–Crippen MR) is 80.4 cm³/mol. The molecular weight excluding hydrogens is 264 g/mol. The lowest BCUT2D eigenvalue weighted by molar-refractivity contribution is -0.115. The van der Waals surface area contributed by atoms with Gasteiger partial charge in [-0.15, -0.1) is 0 Å². The maximum atomic E-state index is 11.7. The summed E-state index contributed by atoms with van der Waals surface area (Å²) in [5.74, 6) is -0.0350. The number of aryl methyl sites for hydroxylation is 1. The monoisotopic (exact) mass is 284 g/mol. The van der Waals surface area contributed by atoms with Gasteiger partial charge in [0.1, 0.15) is 0 Å². The first-order valence-electron chi connectivity index (χ1n) is 7.56. The lowest BCUT2D eigenvalue weighted by atomic mass is 9.60. The number of hydrogen-bond donors (Lipinski definition) is 0. The summed E-state index contributed by atoms with van der Waals surface area (Å²) in [6.07, 6.45) is 6.17. The standard InChI is InChI=1S/C18H20O3/c1-3-18-9-8-15(19)11-14(18)6-4-12-10-13(17(20)21-2)5-7-16(12)18/h5,7,10-11H,3-4,6,8-9H2,1-2H3. The third-order valence-electron chi connectivity index (χ3n) is 5.06. The van der Waals surface area contributed by atoms with E-state index in [1.54, 1.807) is 0 Å². The fourth-order valence-corrected chi connectivity index (χ4v) is 3.90. The molecule has 1 aromatic rings. The Hall–Kier alpha value is -1.90. The van der Waals surface area contributed by atoms with Crippen LogP contribution in [0, 0.1) is 0 Å². The van der Waals surface area contributed by atoms with E-state index in [4.69, 9.17) is 4.74 Å². The number of benzene rings is 1. The van der Waals surface area contributed by atoms with Gasteiger partial charge >= 0.3 is 5.97 Å². The Balaban J connectivity index is 2.11. The molecule has 0 fully saturated rings. The summed E-state index contributed by atoms with van der Waals surface area (Å²) in [6.45, 7) is 2.19. The van der Waals surface area contributed by atoms with Crippen molar-refractivity contribution in [2.45, 2.75) is 44.4 Å². The summed E-state index contributed by atoms with van der Waals surface area (Å²) in [4.78, 5) is 23.4. The van der Waals surface area contributed by atoms with E-state index in [2.05, 4.69) is 13.0 Å². The summed E-state index contributed by atoms with van der Waals surface area (Å²) in [7, 11) is 1.41. The quantitative estimate of drug-likeness (QED) is 0.782. The number of fused-ring (bicyclic) bond motifs is 3. The van der Waals surface area contributed by atoms with Crippen molar-refractivity contribution in [2.75, 3.05) is 7.11 Å². The largest absolute Gasteiger partial charge is 0.465 e. The Labute approximate surface area is 125 Å². The van der Waals surface area contributed by atoms with Crippen molar-refractivity contribution >= 4 is 11.8 Å². The molecule has 0 aromatic heterocycles. The molecule has 3 nitrogen and oxygen atoms in total. The summed E-state index contributed by atoms with van der Waals surface area (Å²) in [5.41, 5.74) is 4.41. The molecule has 0 heterocycles. The molecule has 0 N–H and O–H groups in total. The molecule has 0 saturated heterocycles. The van der Waals surface area contributed by atoms with Gasteiger partial charge in [0.2, 0.25) is 0 Å². The molecule has 21 heavy (non-hydrogen) atoms. The Bertz CT molecular complexity index is 642. The van der Waals surface area contributed by atoms with Crippen LogP contribution in [-0.4, -0.2) is 18.9 Å². The van der Waals surface area contributed by atoms with Crippen molar-refractivity contribution in [3.05, 3.63) is 46.5 Å². The van der Waals surface area contributed by atoms with Crippen LogP contribution >= 0.6 is 0 Å². The predicted octanol–water partition coefficient (Wildman–Crippen LogP) is 3.36. The van der Waals surface area contributed by atoms with Crippen LogP contribution in [0.4, 0.5) is 0 Å². The number of esters is 1. The molecule has 2 aliphatic carbocycles. The number of allylic oxidation sites excluding steroid dienone is 2. The molecule has 0 spiro atoms. The maximum absolute atomic E-state index is 11.7. The molecule has 110 valence electrons. The van der Waals surface area contributed by atoms with E-state index >= 15 is 0 Å². The first-order chi connectivity index (χ1) is 10.1. The Kier molecular flexibility index (Phi) is 3.44. The van der Waals surface area contributed by atoms with Gasteiger partial charge in [-0.3, -0.25) is 4.79 Å². The number of ketones is 1. The molecule has 1 aromatic carbocycles. The van der Waals surface area contributed by atoms with Crippen LogP contribution in [-0.2, 0) is 21.4 Å². The fourth-order valence-electron chi connectivity index (χ4n) is 3.90. The first kappa shape index (κ1) is 14.1. The molecule has 0 aliphatic heterocycles. The Morgan fingerprint density at radius 2 is 2.10 bits per heavy atom. The highest BCUT2D eigenvalue weighted by molar-refractivity contribution is 5.93. The van der Waals surface area contributed by atoms with Gasteiger partial charge in [-0.1, -0.05) is 18.6 Å². The topological polar surface area (TPSA) is 43.4 Å². The van der Waals surface area contributed by atoms with Crippen molar-refractivity contribution in [3.63, 3.8) is 0 Å². The van der Waals surface area contributed by atoms with Crippen LogP contribution in [0.25, 0.3) is 0 Å². The van der Waals surface area contributed by atoms with Gasteiger partial charge < -0.3 is 4.74 Å². The highest BCUT2D eigenvalue weighted by atomic mass is 16.5. The second kappa shape index (κ2) is 5.14. The Morgan fingerprint density at radius 3 is 2.81 bits per heavy atom. The number of carbonyl (C=O) groups excluding carboxylic acids is 2. The highest BCUT2D eigenvalue weighted by Crippen LogP contribution is 2.49. The maximum Gasteiger partial charge on any atom is 0.337 e. The van der Waals surface area contributed by atoms with Crippen LogP contribution in [0.1, 0.15) is 54.1 Å². The average molecular weight is 284 g/mol. The number of ether oxygens (including phenoxy) is 1. The molecule has 0 saturated carbocycles. The van der Waals surface area contributed by atoms with Gasteiger partial charge in [-0.2, -0.15) is 0 Å². The van der Waals surface area contributed by atoms with Gasteiger partial charge in [0, 0.05) is 11.8 Å². The highest BCUT2D eigenvalue weighted by Gasteiger charge is 2.41. The van der Waals surface area contributed by atoms with Crippen LogP contribution in [0.3, 0.4) is 0 Å². The Morgan fingerprint density at radius 1 is 1.29 bits per heavy atom.